The van der Waals surface area contributed by atoms with E-state index in [1.807, 2.05) is 6.92 Å². The number of carbonyl (C=O) groups is 3. The molecule has 3 amide bonds. The second-order valence-electron chi connectivity index (χ2n) is 11.7. The molecule has 45 heavy (non-hydrogen) atoms. The molecule has 1 atom stereocenters. The lowest BCUT2D eigenvalue weighted by Crippen LogP contribution is -2.58. The third kappa shape index (κ3) is 6.40. The van der Waals surface area contributed by atoms with Crippen molar-refractivity contribution in [3.05, 3.63) is 52.7 Å². The van der Waals surface area contributed by atoms with Gasteiger partial charge >= 0.3 is 6.18 Å². The summed E-state index contributed by atoms with van der Waals surface area (Å²) in [5.41, 5.74) is -1.11. The van der Waals surface area contributed by atoms with Gasteiger partial charge in [0.25, 0.3) is 11.8 Å². The third-order valence-electron chi connectivity index (χ3n) is 8.54. The molecule has 2 N–H and O–H groups in total. The summed E-state index contributed by atoms with van der Waals surface area (Å²) in [4.78, 5) is 46.8. The van der Waals surface area contributed by atoms with Crippen LogP contribution in [0.4, 0.5) is 18.9 Å². The molecule has 3 aliphatic rings. The largest absolute Gasteiger partial charge is 0.435 e. The summed E-state index contributed by atoms with van der Waals surface area (Å²) in [6.45, 7) is 4.31. The van der Waals surface area contributed by atoms with Crippen molar-refractivity contribution >= 4 is 47.4 Å². The van der Waals surface area contributed by atoms with Gasteiger partial charge in [-0.3, -0.25) is 19.1 Å². The van der Waals surface area contributed by atoms with Crippen molar-refractivity contribution in [3.8, 4) is 11.3 Å². The van der Waals surface area contributed by atoms with Gasteiger partial charge in [-0.25, -0.2) is 4.98 Å². The third-order valence-corrected chi connectivity index (χ3v) is 8.85. The number of aromatic nitrogens is 4. The molecular weight excluding hydrogens is 636 g/mol. The van der Waals surface area contributed by atoms with E-state index in [2.05, 4.69) is 20.7 Å². The van der Waals surface area contributed by atoms with Gasteiger partial charge in [0.1, 0.15) is 0 Å². The van der Waals surface area contributed by atoms with E-state index in [1.165, 1.54) is 46.9 Å². The monoisotopic (exact) mass is 668 g/mol. The van der Waals surface area contributed by atoms with Gasteiger partial charge in [-0.1, -0.05) is 11.6 Å². The molecule has 0 unspecified atom stereocenters. The second kappa shape index (κ2) is 12.3. The molecule has 1 aliphatic carbocycles. The number of benzene rings is 1. The van der Waals surface area contributed by atoms with Crippen molar-refractivity contribution in [2.75, 3.05) is 38.0 Å². The molecule has 2 saturated heterocycles. The number of halogens is 5. The van der Waals surface area contributed by atoms with Crippen LogP contribution in [-0.2, 0) is 18.0 Å². The Morgan fingerprint density at radius 1 is 1.11 bits per heavy atom. The van der Waals surface area contributed by atoms with Gasteiger partial charge < -0.3 is 25.0 Å². The standard InChI is InChI=1S/C29H32ClF3N8O3.ClH/c1-28(8-3-9-35-28)27(44)40-12-10-39(11-13-40)26(43)19-7-4-17(14-21(19)30)36-25(42)24-34-15-22(38(24)2)20-16-41(18-5-6-18)37-23(20)29(31,32)33;/h4,7,14-16,18,35H,3,5-6,8-13H2,1-2H3,(H,36,42);1H/t28-;/m0./s1. The average molecular weight is 670 g/mol. The maximum absolute atomic E-state index is 13.7. The molecule has 3 aromatic rings. The molecule has 16 heteroatoms. The molecule has 0 spiro atoms. The predicted molar refractivity (Wildman–Crippen MR) is 162 cm³/mol. The van der Waals surface area contributed by atoms with E-state index >= 15 is 0 Å². The summed E-state index contributed by atoms with van der Waals surface area (Å²) >= 11 is 6.46. The molecule has 1 saturated carbocycles. The SMILES string of the molecule is Cl.Cn1c(-c2cn(C3CC3)nc2C(F)(F)F)cnc1C(=O)Nc1ccc(C(=O)N2CCN(C(=O)[C@]3(C)CCCN3)CC2)c(Cl)c1. The van der Waals surface area contributed by atoms with Crippen LogP contribution < -0.4 is 10.6 Å². The van der Waals surface area contributed by atoms with Gasteiger partial charge in [-0.2, -0.15) is 18.3 Å². The molecule has 3 fully saturated rings. The zero-order valence-corrected chi connectivity index (χ0v) is 26.2. The molecule has 4 heterocycles. The van der Waals surface area contributed by atoms with Crippen molar-refractivity contribution in [2.24, 2.45) is 7.05 Å². The van der Waals surface area contributed by atoms with Crippen molar-refractivity contribution < 1.29 is 27.6 Å². The number of nitrogens with zero attached hydrogens (tertiary/aromatic N) is 6. The minimum absolute atomic E-state index is 0. The van der Waals surface area contributed by atoms with E-state index in [9.17, 15) is 27.6 Å². The van der Waals surface area contributed by atoms with E-state index in [1.54, 1.807) is 9.80 Å². The second-order valence-corrected chi connectivity index (χ2v) is 12.1. The van der Waals surface area contributed by atoms with Crippen LogP contribution in [0, 0.1) is 0 Å². The van der Waals surface area contributed by atoms with Gasteiger partial charge in [0.15, 0.2) is 11.5 Å². The van der Waals surface area contributed by atoms with E-state index in [0.29, 0.717) is 26.2 Å². The molecule has 0 bridgehead atoms. The predicted octanol–water partition coefficient (Wildman–Crippen LogP) is 4.39. The Labute approximate surface area is 268 Å². The highest BCUT2D eigenvalue weighted by Crippen LogP contribution is 2.41. The Morgan fingerprint density at radius 2 is 1.80 bits per heavy atom. The summed E-state index contributed by atoms with van der Waals surface area (Å²) in [5.74, 6) is -1.01. The van der Waals surface area contributed by atoms with Crippen LogP contribution in [0.25, 0.3) is 11.3 Å². The van der Waals surface area contributed by atoms with E-state index in [-0.39, 0.29) is 63.6 Å². The quantitative estimate of drug-likeness (QED) is 0.403. The lowest BCUT2D eigenvalue weighted by Gasteiger charge is -2.38. The van der Waals surface area contributed by atoms with Crippen molar-refractivity contribution in [1.29, 1.82) is 0 Å². The summed E-state index contributed by atoms with van der Waals surface area (Å²) in [6, 6.07) is 4.41. The molecule has 6 rings (SSSR count). The first-order chi connectivity index (χ1) is 20.9. The first-order valence-electron chi connectivity index (χ1n) is 14.5. The van der Waals surface area contributed by atoms with Gasteiger partial charge in [0.2, 0.25) is 5.91 Å². The molecule has 0 radical (unpaired) electrons. The van der Waals surface area contributed by atoms with Gasteiger partial charge in [-0.05, 0) is 57.4 Å². The Morgan fingerprint density at radius 3 is 2.40 bits per heavy atom. The van der Waals surface area contributed by atoms with Crippen molar-refractivity contribution in [2.45, 2.75) is 50.4 Å². The number of hydrogen-bond acceptors (Lipinski definition) is 6. The zero-order valence-electron chi connectivity index (χ0n) is 24.7. The minimum atomic E-state index is -4.67. The average Bonchev–Trinajstić information content (AvgIpc) is 3.37. The smallest absolute Gasteiger partial charge is 0.338 e. The van der Waals surface area contributed by atoms with Crippen LogP contribution in [0.2, 0.25) is 5.02 Å². The van der Waals surface area contributed by atoms with Crippen LogP contribution in [-0.4, -0.2) is 85.1 Å². The Kier molecular flexibility index (Phi) is 8.95. The number of alkyl halides is 3. The first kappa shape index (κ1) is 32.8. The molecule has 2 aromatic heterocycles. The molecule has 2 aliphatic heterocycles. The van der Waals surface area contributed by atoms with Gasteiger partial charge in [0, 0.05) is 45.1 Å². The summed E-state index contributed by atoms with van der Waals surface area (Å²) in [5, 5.41) is 9.82. The highest BCUT2D eigenvalue weighted by atomic mass is 35.5. The maximum Gasteiger partial charge on any atom is 0.435 e. The normalized spacial score (nSPS) is 20.2. The molecular formula is C29H33Cl2F3N8O3. The first-order valence-corrected chi connectivity index (χ1v) is 14.9. The summed E-state index contributed by atoms with van der Waals surface area (Å²) < 4.78 is 43.8. The van der Waals surface area contributed by atoms with Crippen LogP contribution in [0.5, 0.6) is 0 Å². The number of nitrogens with one attached hydrogen (secondary N) is 2. The summed E-state index contributed by atoms with van der Waals surface area (Å²) in [7, 11) is 1.46. The Bertz CT molecular complexity index is 1620. The summed E-state index contributed by atoms with van der Waals surface area (Å²) in [6.07, 6.45) is 1.15. The van der Waals surface area contributed by atoms with E-state index in [4.69, 9.17) is 11.6 Å². The number of imidazole rings is 1. The highest BCUT2D eigenvalue weighted by Gasteiger charge is 2.41. The Hall–Kier alpha value is -3.62. The number of amides is 3. The van der Waals surface area contributed by atoms with Crippen LogP contribution in [0.3, 0.4) is 0 Å². The van der Waals surface area contributed by atoms with Crippen LogP contribution >= 0.6 is 24.0 Å². The number of rotatable bonds is 6. The van der Waals surface area contributed by atoms with E-state index in [0.717, 1.165) is 32.2 Å². The lowest BCUT2D eigenvalue weighted by molar-refractivity contribution is -0.141. The van der Waals surface area contributed by atoms with Crippen molar-refractivity contribution in [1.82, 2.24) is 34.4 Å². The molecule has 11 nitrogen and oxygen atoms in total. The zero-order chi connectivity index (χ0) is 31.4. The highest BCUT2D eigenvalue weighted by molar-refractivity contribution is 6.34. The fourth-order valence-corrected chi connectivity index (χ4v) is 6.11. The number of carbonyl (C=O) groups excluding carboxylic acids is 3. The minimum Gasteiger partial charge on any atom is -0.338 e. The number of piperazine rings is 1. The maximum atomic E-state index is 13.7. The van der Waals surface area contributed by atoms with Crippen LogP contribution in [0.15, 0.2) is 30.6 Å². The lowest BCUT2D eigenvalue weighted by atomic mass is 9.98. The fourth-order valence-electron chi connectivity index (χ4n) is 5.85. The number of anilines is 1. The van der Waals surface area contributed by atoms with E-state index < -0.39 is 23.3 Å². The number of hydrogen-bond donors (Lipinski definition) is 2. The molecule has 242 valence electrons. The molecule has 1 aromatic carbocycles. The van der Waals surface area contributed by atoms with Gasteiger partial charge in [-0.15, -0.1) is 12.4 Å². The topological polar surface area (TPSA) is 117 Å². The van der Waals surface area contributed by atoms with Crippen LogP contribution in [0.1, 0.15) is 65.3 Å². The Balaban J connectivity index is 0.00000400. The van der Waals surface area contributed by atoms with Crippen molar-refractivity contribution in [3.63, 3.8) is 0 Å². The van der Waals surface area contributed by atoms with Gasteiger partial charge in [0.05, 0.1) is 39.6 Å². The fraction of sp³-hybridized carbons (Fsp3) is 0.483.